The van der Waals surface area contributed by atoms with Crippen LogP contribution in [0.2, 0.25) is 0 Å². The molecule has 2 rings (SSSR count). The first kappa shape index (κ1) is 13.8. The minimum Gasteiger partial charge on any atom is -0.405 e. The smallest absolute Gasteiger partial charge is 0.405 e. The van der Waals surface area contributed by atoms with E-state index >= 15 is 0 Å². The Morgan fingerprint density at radius 3 is 2.63 bits per heavy atom. The van der Waals surface area contributed by atoms with Gasteiger partial charge in [0.1, 0.15) is 5.75 Å². The Hall–Kier alpha value is -1.64. The van der Waals surface area contributed by atoms with Gasteiger partial charge in [-0.3, -0.25) is 10.8 Å². The summed E-state index contributed by atoms with van der Waals surface area (Å²) in [5.41, 5.74) is 4.34. The fraction of sp³-hybridized carbons (Fsp3) is 0.182. The molecule has 4 nitrogen and oxygen atoms in total. The highest BCUT2D eigenvalue weighted by atomic mass is 32.1. The van der Waals surface area contributed by atoms with E-state index in [1.165, 1.54) is 29.5 Å². The number of nitrogens with two attached hydrogens (primary N) is 1. The van der Waals surface area contributed by atoms with Gasteiger partial charge >= 0.3 is 6.36 Å². The maximum atomic E-state index is 12.3. The van der Waals surface area contributed by atoms with E-state index in [4.69, 9.17) is 5.84 Å². The molecule has 1 atom stereocenters. The highest BCUT2D eigenvalue weighted by molar-refractivity contribution is 7.09. The zero-order valence-corrected chi connectivity index (χ0v) is 10.3. The van der Waals surface area contributed by atoms with Gasteiger partial charge in [-0.25, -0.2) is 5.43 Å². The van der Waals surface area contributed by atoms with Gasteiger partial charge in [0.15, 0.2) is 0 Å². The van der Waals surface area contributed by atoms with Crippen LogP contribution in [0.3, 0.4) is 0 Å². The lowest BCUT2D eigenvalue weighted by Crippen LogP contribution is -2.29. The minimum absolute atomic E-state index is 0.286. The van der Waals surface area contributed by atoms with Crippen LogP contribution in [-0.2, 0) is 0 Å². The van der Waals surface area contributed by atoms with Gasteiger partial charge in [0.05, 0.1) is 11.6 Å². The summed E-state index contributed by atoms with van der Waals surface area (Å²) in [6.07, 6.45) is -3.21. The molecule has 0 amide bonds. The molecule has 8 heteroatoms. The van der Waals surface area contributed by atoms with E-state index in [9.17, 15) is 13.2 Å². The molecule has 0 saturated carbocycles. The number of para-hydroxylation sites is 1. The second kappa shape index (κ2) is 5.55. The molecule has 0 aliphatic rings. The fourth-order valence-electron chi connectivity index (χ4n) is 1.63. The number of nitrogens with one attached hydrogen (secondary N) is 1. The Kier molecular flexibility index (Phi) is 4.03. The fourth-order valence-corrected chi connectivity index (χ4v) is 2.33. The van der Waals surface area contributed by atoms with Gasteiger partial charge in [0, 0.05) is 16.6 Å². The number of nitrogens with zero attached hydrogens (tertiary/aromatic N) is 1. The molecule has 19 heavy (non-hydrogen) atoms. The van der Waals surface area contributed by atoms with Gasteiger partial charge in [-0.05, 0) is 6.07 Å². The van der Waals surface area contributed by atoms with Crippen LogP contribution < -0.4 is 16.0 Å². The van der Waals surface area contributed by atoms with Gasteiger partial charge in [-0.1, -0.05) is 18.2 Å². The van der Waals surface area contributed by atoms with E-state index in [-0.39, 0.29) is 5.75 Å². The number of aromatic nitrogens is 1. The zero-order valence-electron chi connectivity index (χ0n) is 9.52. The molecule has 0 aliphatic carbocycles. The monoisotopic (exact) mass is 289 g/mol. The topological polar surface area (TPSA) is 60.2 Å². The van der Waals surface area contributed by atoms with Gasteiger partial charge in [0.25, 0.3) is 0 Å². The number of alkyl halides is 3. The summed E-state index contributed by atoms with van der Waals surface area (Å²) in [6, 6.07) is 5.24. The third-order valence-electron chi connectivity index (χ3n) is 2.36. The van der Waals surface area contributed by atoms with E-state index < -0.39 is 12.4 Å². The second-order valence-electron chi connectivity index (χ2n) is 3.59. The molecule has 1 aromatic carbocycles. The molecule has 0 fully saturated rings. The summed E-state index contributed by atoms with van der Waals surface area (Å²) in [5.74, 6) is 5.13. The maximum Gasteiger partial charge on any atom is 0.573 e. The molecule has 3 N–H and O–H groups in total. The lowest BCUT2D eigenvalue weighted by atomic mass is 10.1. The summed E-state index contributed by atoms with van der Waals surface area (Å²) in [4.78, 5) is 4.58. The van der Waals surface area contributed by atoms with Gasteiger partial charge in [0.2, 0.25) is 0 Å². The Morgan fingerprint density at radius 1 is 1.32 bits per heavy atom. The SMILES string of the molecule is NNC(c1cncs1)c1ccccc1OC(F)(F)F. The average Bonchev–Trinajstić information content (AvgIpc) is 2.84. The molecular formula is C11H10F3N3OS. The van der Waals surface area contributed by atoms with Crippen molar-refractivity contribution in [1.82, 2.24) is 10.4 Å². The van der Waals surface area contributed by atoms with Crippen molar-refractivity contribution < 1.29 is 17.9 Å². The third-order valence-corrected chi connectivity index (χ3v) is 3.20. The first-order chi connectivity index (χ1) is 9.01. The molecule has 0 saturated heterocycles. The molecule has 1 aromatic heterocycles. The van der Waals surface area contributed by atoms with Crippen molar-refractivity contribution in [1.29, 1.82) is 0 Å². The van der Waals surface area contributed by atoms with Gasteiger partial charge in [-0.2, -0.15) is 0 Å². The largest absolute Gasteiger partial charge is 0.573 e. The quantitative estimate of drug-likeness (QED) is 0.671. The van der Waals surface area contributed by atoms with E-state index in [1.807, 2.05) is 0 Å². The highest BCUT2D eigenvalue weighted by Gasteiger charge is 2.33. The lowest BCUT2D eigenvalue weighted by molar-refractivity contribution is -0.275. The molecule has 0 aliphatic heterocycles. The number of ether oxygens (including phenoxy) is 1. The van der Waals surface area contributed by atoms with Crippen molar-refractivity contribution in [3.63, 3.8) is 0 Å². The first-order valence-electron chi connectivity index (χ1n) is 5.20. The molecule has 102 valence electrons. The van der Waals surface area contributed by atoms with Crippen LogP contribution in [0, 0.1) is 0 Å². The van der Waals surface area contributed by atoms with Gasteiger partial charge in [-0.15, -0.1) is 24.5 Å². The number of halogens is 3. The predicted octanol–water partition coefficient (Wildman–Crippen LogP) is 2.59. The van der Waals surface area contributed by atoms with Crippen molar-refractivity contribution in [3.8, 4) is 5.75 Å². The first-order valence-corrected chi connectivity index (χ1v) is 6.08. The number of hydrogen-bond acceptors (Lipinski definition) is 5. The van der Waals surface area contributed by atoms with Crippen LogP contribution in [0.1, 0.15) is 16.5 Å². The van der Waals surface area contributed by atoms with E-state index in [0.29, 0.717) is 10.4 Å². The van der Waals surface area contributed by atoms with Crippen molar-refractivity contribution in [2.24, 2.45) is 5.84 Å². The molecule has 0 bridgehead atoms. The van der Waals surface area contributed by atoms with Crippen LogP contribution in [-0.4, -0.2) is 11.3 Å². The Morgan fingerprint density at radius 2 is 2.05 bits per heavy atom. The third kappa shape index (κ3) is 3.43. The normalized spacial score (nSPS) is 13.3. The summed E-state index contributed by atoms with van der Waals surface area (Å²) in [5, 5.41) is 0. The second-order valence-corrected chi connectivity index (χ2v) is 4.51. The molecule has 1 heterocycles. The Bertz CT molecular complexity index is 530. The Balaban J connectivity index is 2.38. The molecule has 0 spiro atoms. The van der Waals surface area contributed by atoms with Crippen LogP contribution in [0.25, 0.3) is 0 Å². The summed E-state index contributed by atoms with van der Waals surface area (Å²) >= 11 is 1.29. The van der Waals surface area contributed by atoms with Gasteiger partial charge < -0.3 is 4.74 Å². The van der Waals surface area contributed by atoms with Crippen molar-refractivity contribution >= 4 is 11.3 Å². The van der Waals surface area contributed by atoms with E-state index in [2.05, 4.69) is 15.1 Å². The average molecular weight is 289 g/mol. The highest BCUT2D eigenvalue weighted by Crippen LogP contribution is 2.34. The maximum absolute atomic E-state index is 12.3. The van der Waals surface area contributed by atoms with Crippen LogP contribution in [0.15, 0.2) is 36.0 Å². The van der Waals surface area contributed by atoms with Crippen LogP contribution in [0.5, 0.6) is 5.75 Å². The molecule has 0 radical (unpaired) electrons. The Labute approximate surface area is 111 Å². The number of hydrogen-bond donors (Lipinski definition) is 2. The van der Waals surface area contributed by atoms with E-state index in [0.717, 1.165) is 0 Å². The number of rotatable bonds is 4. The van der Waals surface area contributed by atoms with Crippen LogP contribution in [0.4, 0.5) is 13.2 Å². The number of benzene rings is 1. The molecular weight excluding hydrogens is 279 g/mol. The molecule has 1 unspecified atom stereocenters. The minimum atomic E-state index is -4.75. The van der Waals surface area contributed by atoms with Crippen molar-refractivity contribution in [3.05, 3.63) is 46.4 Å². The van der Waals surface area contributed by atoms with Crippen molar-refractivity contribution in [2.45, 2.75) is 12.4 Å². The summed E-state index contributed by atoms with van der Waals surface area (Å²) in [7, 11) is 0. The van der Waals surface area contributed by atoms with E-state index in [1.54, 1.807) is 17.8 Å². The van der Waals surface area contributed by atoms with Crippen LogP contribution >= 0.6 is 11.3 Å². The number of hydrazine groups is 1. The predicted molar refractivity (Wildman–Crippen MR) is 64.4 cm³/mol. The molecule has 2 aromatic rings. The lowest BCUT2D eigenvalue weighted by Gasteiger charge is -2.19. The summed E-state index contributed by atoms with van der Waals surface area (Å²) in [6.45, 7) is 0. The zero-order chi connectivity index (χ0) is 13.9. The van der Waals surface area contributed by atoms with Crippen molar-refractivity contribution in [2.75, 3.05) is 0 Å². The summed E-state index contributed by atoms with van der Waals surface area (Å²) < 4.78 is 41.0. The number of thiazole rings is 1. The standard InChI is InChI=1S/C11H10F3N3OS/c12-11(13,14)18-8-4-2-1-3-7(8)10(17-15)9-5-16-6-19-9/h1-6,10,17H,15H2.